The molecule has 1 aliphatic heterocycles. The van der Waals surface area contributed by atoms with Gasteiger partial charge in [-0.25, -0.2) is 0 Å². The van der Waals surface area contributed by atoms with E-state index in [0.29, 0.717) is 19.6 Å². The molecule has 0 aromatic rings. The number of nitrogens with zero attached hydrogens (tertiary/aromatic N) is 1. The van der Waals surface area contributed by atoms with Crippen LogP contribution >= 0.6 is 0 Å². The minimum Gasteiger partial charge on any atom is -0.381 e. The molecule has 1 atom stereocenters. The van der Waals surface area contributed by atoms with Crippen molar-refractivity contribution >= 4 is 5.91 Å². The lowest BCUT2D eigenvalue weighted by Crippen LogP contribution is -2.54. The van der Waals surface area contributed by atoms with Crippen molar-refractivity contribution in [1.29, 1.82) is 0 Å². The number of hydrogen-bond acceptors (Lipinski definition) is 3. The first-order valence-corrected chi connectivity index (χ1v) is 6.08. The van der Waals surface area contributed by atoms with Gasteiger partial charge in [0.05, 0.1) is 13.0 Å². The second kappa shape index (κ2) is 5.64. The van der Waals surface area contributed by atoms with Crippen LogP contribution in [0.4, 0.5) is 0 Å². The van der Waals surface area contributed by atoms with Crippen molar-refractivity contribution < 1.29 is 9.53 Å². The predicted molar refractivity (Wildman–Crippen MR) is 64.1 cm³/mol. The first-order chi connectivity index (χ1) is 7.47. The van der Waals surface area contributed by atoms with Gasteiger partial charge in [-0.3, -0.25) is 4.79 Å². The summed E-state index contributed by atoms with van der Waals surface area (Å²) >= 11 is 0. The summed E-state index contributed by atoms with van der Waals surface area (Å²) < 4.78 is 5.20. The van der Waals surface area contributed by atoms with Crippen molar-refractivity contribution in [2.75, 3.05) is 26.3 Å². The fraction of sp³-hybridized carbons (Fsp3) is 0.917. The van der Waals surface area contributed by atoms with Crippen LogP contribution < -0.4 is 5.73 Å². The molecule has 2 N–H and O–H groups in total. The van der Waals surface area contributed by atoms with Gasteiger partial charge in [0.25, 0.3) is 0 Å². The van der Waals surface area contributed by atoms with Gasteiger partial charge in [-0.15, -0.1) is 0 Å². The van der Waals surface area contributed by atoms with Crippen LogP contribution in [0.15, 0.2) is 0 Å². The van der Waals surface area contributed by atoms with E-state index in [-0.39, 0.29) is 17.4 Å². The molecule has 1 saturated heterocycles. The van der Waals surface area contributed by atoms with Crippen molar-refractivity contribution in [2.45, 2.75) is 39.7 Å². The molecule has 1 rings (SSSR count). The molecule has 0 saturated carbocycles. The highest BCUT2D eigenvalue weighted by Crippen LogP contribution is 2.27. The van der Waals surface area contributed by atoms with Gasteiger partial charge in [-0.05, 0) is 18.8 Å². The van der Waals surface area contributed by atoms with E-state index in [9.17, 15) is 4.79 Å². The first-order valence-electron chi connectivity index (χ1n) is 6.08. The van der Waals surface area contributed by atoms with Gasteiger partial charge in [0, 0.05) is 25.7 Å². The Hall–Kier alpha value is -0.610. The molecular weight excluding hydrogens is 204 g/mol. The molecule has 0 aliphatic carbocycles. The van der Waals surface area contributed by atoms with Gasteiger partial charge in [0.1, 0.15) is 0 Å². The molecule has 1 fully saturated rings. The Morgan fingerprint density at radius 2 is 2.25 bits per heavy atom. The van der Waals surface area contributed by atoms with Gasteiger partial charge in [-0.2, -0.15) is 0 Å². The summed E-state index contributed by atoms with van der Waals surface area (Å²) in [5.41, 5.74) is 6.06. The maximum atomic E-state index is 11.9. The van der Waals surface area contributed by atoms with Crippen molar-refractivity contribution in [2.24, 2.45) is 11.1 Å². The summed E-state index contributed by atoms with van der Waals surface area (Å²) in [6.07, 6.45) is 1.38. The lowest BCUT2D eigenvalue weighted by molar-refractivity contribution is -0.135. The lowest BCUT2D eigenvalue weighted by Gasteiger charge is -2.42. The number of ether oxygens (including phenoxy) is 1. The zero-order valence-electron chi connectivity index (χ0n) is 10.7. The lowest BCUT2D eigenvalue weighted by atomic mass is 9.79. The van der Waals surface area contributed by atoms with Crippen LogP contribution in [0, 0.1) is 5.41 Å². The second-order valence-corrected chi connectivity index (χ2v) is 5.15. The number of carbonyl (C=O) groups excluding carboxylic acids is 1. The highest BCUT2D eigenvalue weighted by molar-refractivity contribution is 5.76. The standard InChI is InChI=1S/C12H24N2O2/c1-4-16-8-6-11(15)14-7-5-10(13)12(2,3)9-14/h10H,4-9,13H2,1-3H3. The normalized spacial score (nSPS) is 24.5. The van der Waals surface area contributed by atoms with Crippen LogP contribution in [0.5, 0.6) is 0 Å². The summed E-state index contributed by atoms with van der Waals surface area (Å²) in [6, 6.07) is 0.198. The minimum atomic E-state index is 0.0273. The maximum absolute atomic E-state index is 11.9. The summed E-state index contributed by atoms with van der Waals surface area (Å²) in [4.78, 5) is 13.8. The maximum Gasteiger partial charge on any atom is 0.224 e. The molecule has 16 heavy (non-hydrogen) atoms. The Labute approximate surface area is 98.1 Å². The Morgan fingerprint density at radius 3 is 2.81 bits per heavy atom. The SMILES string of the molecule is CCOCCC(=O)N1CCC(N)C(C)(C)C1. The van der Waals surface area contributed by atoms with Gasteiger partial charge in [0.2, 0.25) is 5.91 Å². The summed E-state index contributed by atoms with van der Waals surface area (Å²) in [7, 11) is 0. The Kier molecular flexibility index (Phi) is 4.74. The quantitative estimate of drug-likeness (QED) is 0.730. The molecule has 0 aromatic heterocycles. The van der Waals surface area contributed by atoms with E-state index in [0.717, 1.165) is 19.5 Å². The summed E-state index contributed by atoms with van der Waals surface area (Å²) in [6.45, 7) is 8.93. The minimum absolute atomic E-state index is 0.0273. The third-order valence-electron chi connectivity index (χ3n) is 3.33. The van der Waals surface area contributed by atoms with E-state index >= 15 is 0 Å². The van der Waals surface area contributed by atoms with E-state index in [1.54, 1.807) is 0 Å². The number of likely N-dealkylation sites (tertiary alicyclic amines) is 1. The number of hydrogen-bond donors (Lipinski definition) is 1. The number of rotatable bonds is 4. The van der Waals surface area contributed by atoms with Crippen LogP contribution in [0.25, 0.3) is 0 Å². The average Bonchev–Trinajstić information content (AvgIpc) is 2.22. The van der Waals surface area contributed by atoms with Crippen LogP contribution in [-0.4, -0.2) is 43.2 Å². The largest absolute Gasteiger partial charge is 0.381 e. The fourth-order valence-corrected chi connectivity index (χ4v) is 2.05. The van der Waals surface area contributed by atoms with Crippen LogP contribution in [-0.2, 0) is 9.53 Å². The Bertz CT molecular complexity index is 241. The third kappa shape index (κ3) is 3.46. The summed E-state index contributed by atoms with van der Waals surface area (Å²) in [5, 5.41) is 0. The van der Waals surface area contributed by atoms with Crippen LogP contribution in [0.2, 0.25) is 0 Å². The van der Waals surface area contributed by atoms with E-state index in [2.05, 4.69) is 13.8 Å². The van der Waals surface area contributed by atoms with Gasteiger partial charge >= 0.3 is 0 Å². The molecule has 0 aromatic carbocycles. The molecule has 0 bridgehead atoms. The molecule has 0 spiro atoms. The number of piperidine rings is 1. The predicted octanol–water partition coefficient (Wildman–Crippen LogP) is 0.999. The van der Waals surface area contributed by atoms with Crippen LogP contribution in [0.3, 0.4) is 0 Å². The topological polar surface area (TPSA) is 55.6 Å². The molecule has 0 radical (unpaired) electrons. The molecule has 4 nitrogen and oxygen atoms in total. The number of carbonyl (C=O) groups is 1. The smallest absolute Gasteiger partial charge is 0.224 e. The molecule has 4 heteroatoms. The van der Waals surface area contributed by atoms with Gasteiger partial charge in [-0.1, -0.05) is 13.8 Å². The fourth-order valence-electron chi connectivity index (χ4n) is 2.05. The Balaban J connectivity index is 2.40. The van der Waals surface area contributed by atoms with Crippen molar-refractivity contribution in [3.8, 4) is 0 Å². The zero-order valence-corrected chi connectivity index (χ0v) is 10.7. The van der Waals surface area contributed by atoms with Crippen molar-refractivity contribution in [3.63, 3.8) is 0 Å². The van der Waals surface area contributed by atoms with Crippen molar-refractivity contribution in [3.05, 3.63) is 0 Å². The number of nitrogens with two attached hydrogens (primary N) is 1. The van der Waals surface area contributed by atoms with Crippen LogP contribution in [0.1, 0.15) is 33.6 Å². The highest BCUT2D eigenvalue weighted by Gasteiger charge is 2.34. The third-order valence-corrected chi connectivity index (χ3v) is 3.33. The van der Waals surface area contributed by atoms with E-state index in [1.165, 1.54) is 0 Å². The van der Waals surface area contributed by atoms with Crippen molar-refractivity contribution in [1.82, 2.24) is 4.90 Å². The summed E-state index contributed by atoms with van der Waals surface area (Å²) in [5.74, 6) is 0.188. The average molecular weight is 228 g/mol. The molecular formula is C12H24N2O2. The number of amides is 1. The van der Waals surface area contributed by atoms with Gasteiger partial charge in [0.15, 0.2) is 0 Å². The second-order valence-electron chi connectivity index (χ2n) is 5.15. The van der Waals surface area contributed by atoms with Gasteiger partial charge < -0.3 is 15.4 Å². The molecule has 1 amide bonds. The molecule has 94 valence electrons. The Morgan fingerprint density at radius 1 is 1.56 bits per heavy atom. The highest BCUT2D eigenvalue weighted by atomic mass is 16.5. The molecule has 1 unspecified atom stereocenters. The molecule has 1 aliphatic rings. The van der Waals surface area contributed by atoms with E-state index in [1.807, 2.05) is 11.8 Å². The monoisotopic (exact) mass is 228 g/mol. The first kappa shape index (κ1) is 13.5. The zero-order chi connectivity index (χ0) is 12.2. The van der Waals surface area contributed by atoms with E-state index in [4.69, 9.17) is 10.5 Å². The molecule has 1 heterocycles. The van der Waals surface area contributed by atoms with E-state index < -0.39 is 0 Å².